The monoisotopic (exact) mass is 319 g/mol. The van der Waals surface area contributed by atoms with Crippen LogP contribution in [-0.4, -0.2) is 24.1 Å². The number of halogens is 2. The van der Waals surface area contributed by atoms with E-state index >= 15 is 0 Å². The van der Waals surface area contributed by atoms with E-state index in [-0.39, 0.29) is 18.9 Å². The number of fused-ring (bicyclic) bond motifs is 1. The van der Waals surface area contributed by atoms with Gasteiger partial charge in [-0.15, -0.1) is 0 Å². The Bertz CT molecular complexity index is 749. The molecule has 0 unspecified atom stereocenters. The normalized spacial score (nSPS) is 12.3. The second-order valence-electron chi connectivity index (χ2n) is 5.13. The van der Waals surface area contributed by atoms with Crippen molar-refractivity contribution in [3.05, 3.63) is 59.2 Å². The molecule has 23 heavy (non-hydrogen) atoms. The Balaban J connectivity index is 1.82. The third kappa shape index (κ3) is 3.11. The summed E-state index contributed by atoms with van der Waals surface area (Å²) in [5.41, 5.74) is 0.550. The third-order valence-electron chi connectivity index (χ3n) is 3.64. The van der Waals surface area contributed by atoms with Gasteiger partial charge in [0.15, 0.2) is 11.5 Å². The van der Waals surface area contributed by atoms with Gasteiger partial charge in [0.2, 0.25) is 6.79 Å². The SMILES string of the molecule is CCN(Cc1ccc2c(c1)OCO2)C(=O)c1cc(F)ccc1F. The van der Waals surface area contributed by atoms with Crippen LogP contribution in [-0.2, 0) is 6.54 Å². The van der Waals surface area contributed by atoms with Crippen molar-refractivity contribution in [2.24, 2.45) is 0 Å². The van der Waals surface area contributed by atoms with Crippen molar-refractivity contribution in [3.8, 4) is 11.5 Å². The number of amides is 1. The highest BCUT2D eigenvalue weighted by molar-refractivity contribution is 5.94. The van der Waals surface area contributed by atoms with Gasteiger partial charge in [0, 0.05) is 13.1 Å². The average Bonchev–Trinajstić information content (AvgIpc) is 3.02. The Morgan fingerprint density at radius 2 is 1.91 bits per heavy atom. The van der Waals surface area contributed by atoms with Crippen LogP contribution in [0.2, 0.25) is 0 Å². The van der Waals surface area contributed by atoms with Crippen molar-refractivity contribution in [3.63, 3.8) is 0 Å². The molecule has 0 atom stereocenters. The molecule has 120 valence electrons. The van der Waals surface area contributed by atoms with Crippen molar-refractivity contribution >= 4 is 5.91 Å². The molecular formula is C17H15F2NO3. The van der Waals surface area contributed by atoms with Crippen molar-refractivity contribution in [1.82, 2.24) is 4.90 Å². The minimum Gasteiger partial charge on any atom is -0.454 e. The molecule has 0 fully saturated rings. The van der Waals surface area contributed by atoms with E-state index in [9.17, 15) is 13.6 Å². The van der Waals surface area contributed by atoms with Gasteiger partial charge in [0.05, 0.1) is 5.56 Å². The number of hydrogen-bond acceptors (Lipinski definition) is 3. The second kappa shape index (κ2) is 6.24. The molecular weight excluding hydrogens is 304 g/mol. The molecule has 1 amide bonds. The fraction of sp³-hybridized carbons (Fsp3) is 0.235. The molecule has 0 spiro atoms. The first kappa shape index (κ1) is 15.3. The molecule has 0 aliphatic carbocycles. The number of nitrogens with zero attached hydrogens (tertiary/aromatic N) is 1. The van der Waals surface area contributed by atoms with E-state index in [1.165, 1.54) is 4.90 Å². The Hall–Kier alpha value is -2.63. The van der Waals surface area contributed by atoms with Crippen LogP contribution in [0.5, 0.6) is 11.5 Å². The maximum atomic E-state index is 13.8. The van der Waals surface area contributed by atoms with Crippen LogP contribution in [0, 0.1) is 11.6 Å². The molecule has 4 nitrogen and oxygen atoms in total. The molecule has 0 N–H and O–H groups in total. The molecule has 0 saturated heterocycles. The van der Waals surface area contributed by atoms with Gasteiger partial charge in [-0.1, -0.05) is 6.07 Å². The predicted molar refractivity (Wildman–Crippen MR) is 79.3 cm³/mol. The summed E-state index contributed by atoms with van der Waals surface area (Å²) in [7, 11) is 0. The topological polar surface area (TPSA) is 38.8 Å². The first-order chi connectivity index (χ1) is 11.1. The summed E-state index contributed by atoms with van der Waals surface area (Å²) in [5, 5.41) is 0. The standard InChI is InChI=1S/C17H15F2NO3/c1-2-20(17(21)13-8-12(18)4-5-14(13)19)9-11-3-6-15-16(7-11)23-10-22-15/h3-8H,2,9-10H2,1H3. The minimum atomic E-state index is -0.736. The van der Waals surface area contributed by atoms with Crippen molar-refractivity contribution < 1.29 is 23.0 Å². The summed E-state index contributed by atoms with van der Waals surface area (Å²) in [6.45, 7) is 2.58. The average molecular weight is 319 g/mol. The fourth-order valence-electron chi connectivity index (χ4n) is 2.42. The van der Waals surface area contributed by atoms with E-state index in [4.69, 9.17) is 9.47 Å². The Labute approximate surface area is 132 Å². The van der Waals surface area contributed by atoms with Gasteiger partial charge in [-0.3, -0.25) is 4.79 Å². The molecule has 1 aliphatic heterocycles. The summed E-state index contributed by atoms with van der Waals surface area (Å²) >= 11 is 0. The Kier molecular flexibility index (Phi) is 4.14. The van der Waals surface area contributed by atoms with Crippen molar-refractivity contribution in [2.75, 3.05) is 13.3 Å². The van der Waals surface area contributed by atoms with Crippen LogP contribution in [0.15, 0.2) is 36.4 Å². The number of hydrogen-bond donors (Lipinski definition) is 0. The molecule has 6 heteroatoms. The number of benzene rings is 2. The van der Waals surface area contributed by atoms with Crippen LogP contribution >= 0.6 is 0 Å². The number of carbonyl (C=O) groups is 1. The zero-order valence-electron chi connectivity index (χ0n) is 12.5. The van der Waals surface area contributed by atoms with Gasteiger partial charge in [-0.05, 0) is 42.8 Å². The highest BCUT2D eigenvalue weighted by Crippen LogP contribution is 2.32. The maximum absolute atomic E-state index is 13.8. The van der Waals surface area contributed by atoms with E-state index in [0.717, 1.165) is 23.8 Å². The van der Waals surface area contributed by atoms with Gasteiger partial charge in [0.1, 0.15) is 11.6 Å². The van der Waals surface area contributed by atoms with Gasteiger partial charge < -0.3 is 14.4 Å². The smallest absolute Gasteiger partial charge is 0.257 e. The molecule has 2 aromatic rings. The van der Waals surface area contributed by atoms with Gasteiger partial charge in [0.25, 0.3) is 5.91 Å². The largest absolute Gasteiger partial charge is 0.454 e. The molecule has 0 radical (unpaired) electrons. The quantitative estimate of drug-likeness (QED) is 0.867. The third-order valence-corrected chi connectivity index (χ3v) is 3.64. The number of ether oxygens (including phenoxy) is 2. The molecule has 0 saturated carbocycles. The molecule has 2 aromatic carbocycles. The predicted octanol–water partition coefficient (Wildman–Crippen LogP) is 3.36. The van der Waals surface area contributed by atoms with E-state index in [1.54, 1.807) is 19.1 Å². The van der Waals surface area contributed by atoms with Gasteiger partial charge >= 0.3 is 0 Å². The lowest BCUT2D eigenvalue weighted by Crippen LogP contribution is -2.31. The van der Waals surface area contributed by atoms with Crippen LogP contribution < -0.4 is 9.47 Å². The van der Waals surface area contributed by atoms with E-state index in [1.807, 2.05) is 6.07 Å². The molecule has 1 heterocycles. The molecule has 0 bridgehead atoms. The number of carbonyl (C=O) groups excluding carboxylic acids is 1. The zero-order valence-corrected chi connectivity index (χ0v) is 12.5. The lowest BCUT2D eigenvalue weighted by atomic mass is 10.1. The molecule has 0 aromatic heterocycles. The lowest BCUT2D eigenvalue weighted by molar-refractivity contribution is 0.0747. The molecule has 1 aliphatic rings. The first-order valence-corrected chi connectivity index (χ1v) is 7.21. The summed E-state index contributed by atoms with van der Waals surface area (Å²) in [4.78, 5) is 13.9. The lowest BCUT2D eigenvalue weighted by Gasteiger charge is -2.21. The Morgan fingerprint density at radius 1 is 1.13 bits per heavy atom. The summed E-state index contributed by atoms with van der Waals surface area (Å²) in [5.74, 6) is -0.668. The van der Waals surface area contributed by atoms with Crippen LogP contribution in [0.4, 0.5) is 8.78 Å². The van der Waals surface area contributed by atoms with Gasteiger partial charge in [-0.25, -0.2) is 8.78 Å². The number of rotatable bonds is 4. The summed E-state index contributed by atoms with van der Waals surface area (Å²) in [6.07, 6.45) is 0. The Morgan fingerprint density at radius 3 is 2.70 bits per heavy atom. The fourth-order valence-corrected chi connectivity index (χ4v) is 2.42. The van der Waals surface area contributed by atoms with Crippen LogP contribution in [0.1, 0.15) is 22.8 Å². The van der Waals surface area contributed by atoms with Crippen molar-refractivity contribution in [1.29, 1.82) is 0 Å². The minimum absolute atomic E-state index is 0.170. The van der Waals surface area contributed by atoms with E-state index in [2.05, 4.69) is 0 Å². The molecule has 3 rings (SSSR count). The van der Waals surface area contributed by atoms with Crippen LogP contribution in [0.25, 0.3) is 0 Å². The van der Waals surface area contributed by atoms with Crippen LogP contribution in [0.3, 0.4) is 0 Å². The maximum Gasteiger partial charge on any atom is 0.257 e. The zero-order chi connectivity index (χ0) is 16.4. The van der Waals surface area contributed by atoms with Crippen molar-refractivity contribution in [2.45, 2.75) is 13.5 Å². The summed E-state index contributed by atoms with van der Waals surface area (Å²) in [6, 6.07) is 8.21. The van der Waals surface area contributed by atoms with E-state index in [0.29, 0.717) is 18.0 Å². The highest BCUT2D eigenvalue weighted by Gasteiger charge is 2.20. The van der Waals surface area contributed by atoms with Gasteiger partial charge in [-0.2, -0.15) is 0 Å². The van der Waals surface area contributed by atoms with E-state index < -0.39 is 17.5 Å². The highest BCUT2D eigenvalue weighted by atomic mass is 19.1. The first-order valence-electron chi connectivity index (χ1n) is 7.21. The summed E-state index contributed by atoms with van der Waals surface area (Å²) < 4.78 is 37.6. The second-order valence-corrected chi connectivity index (χ2v) is 5.13.